The Balaban J connectivity index is 1.59. The van der Waals surface area contributed by atoms with Crippen molar-refractivity contribution in [1.29, 1.82) is 0 Å². The van der Waals surface area contributed by atoms with Crippen LogP contribution in [0.3, 0.4) is 0 Å². The van der Waals surface area contributed by atoms with Gasteiger partial charge in [-0.1, -0.05) is 17.7 Å². The van der Waals surface area contributed by atoms with Crippen molar-refractivity contribution in [2.45, 2.75) is 18.9 Å². The molecular formula is C20H15ClN8OS. The zero-order valence-corrected chi connectivity index (χ0v) is 17.6. The van der Waals surface area contributed by atoms with E-state index in [2.05, 4.69) is 30.5 Å². The lowest BCUT2D eigenvalue weighted by atomic mass is 10.1. The van der Waals surface area contributed by atoms with E-state index in [1.165, 1.54) is 17.7 Å². The SMILES string of the molecule is O=c1c2c(Cl)cccc2nc([C@@H](Nc2ncnc3scnc23)C2CC2)n1-c1ccn[nH]1. The van der Waals surface area contributed by atoms with Crippen LogP contribution in [-0.4, -0.2) is 34.7 Å². The third-order valence-electron chi connectivity index (χ3n) is 5.40. The first-order chi connectivity index (χ1) is 15.2. The molecule has 1 aromatic carbocycles. The van der Waals surface area contributed by atoms with Gasteiger partial charge in [-0.3, -0.25) is 9.89 Å². The molecule has 4 aromatic heterocycles. The highest BCUT2D eigenvalue weighted by Crippen LogP contribution is 2.43. The van der Waals surface area contributed by atoms with Gasteiger partial charge >= 0.3 is 0 Å². The van der Waals surface area contributed by atoms with Crippen LogP contribution < -0.4 is 10.9 Å². The minimum Gasteiger partial charge on any atom is -0.358 e. The molecule has 31 heavy (non-hydrogen) atoms. The predicted molar refractivity (Wildman–Crippen MR) is 119 cm³/mol. The Bertz CT molecular complexity index is 1470. The van der Waals surface area contributed by atoms with Gasteiger partial charge in [-0.25, -0.2) is 24.5 Å². The lowest BCUT2D eigenvalue weighted by Gasteiger charge is -2.22. The van der Waals surface area contributed by atoms with Gasteiger partial charge in [0.15, 0.2) is 5.82 Å². The van der Waals surface area contributed by atoms with E-state index in [-0.39, 0.29) is 11.6 Å². The normalized spacial score (nSPS) is 14.9. The van der Waals surface area contributed by atoms with Gasteiger partial charge in [0.05, 0.1) is 33.7 Å². The van der Waals surface area contributed by atoms with Crippen LogP contribution in [0, 0.1) is 5.92 Å². The van der Waals surface area contributed by atoms with Crippen molar-refractivity contribution < 1.29 is 0 Å². The van der Waals surface area contributed by atoms with E-state index in [9.17, 15) is 4.79 Å². The summed E-state index contributed by atoms with van der Waals surface area (Å²) < 4.78 is 1.55. The van der Waals surface area contributed by atoms with Crippen LogP contribution >= 0.6 is 22.9 Å². The first kappa shape index (κ1) is 18.4. The minimum atomic E-state index is -0.251. The number of anilines is 1. The number of fused-ring (bicyclic) bond motifs is 2. The number of thiazole rings is 1. The van der Waals surface area contributed by atoms with Crippen LogP contribution in [0.2, 0.25) is 5.02 Å². The Labute approximate surface area is 184 Å². The molecule has 6 rings (SSSR count). The quantitative estimate of drug-likeness (QED) is 0.419. The molecule has 1 aliphatic rings. The van der Waals surface area contributed by atoms with Crippen LogP contribution in [0.5, 0.6) is 0 Å². The van der Waals surface area contributed by atoms with Crippen molar-refractivity contribution in [2.75, 3.05) is 5.32 Å². The van der Waals surface area contributed by atoms with Gasteiger partial charge in [0, 0.05) is 6.07 Å². The number of hydrogen-bond donors (Lipinski definition) is 2. The number of halogens is 1. The van der Waals surface area contributed by atoms with Gasteiger partial charge in [-0.05, 0) is 30.9 Å². The first-order valence-electron chi connectivity index (χ1n) is 9.72. The second kappa shape index (κ2) is 7.10. The average Bonchev–Trinajstić information content (AvgIpc) is 3.24. The molecule has 1 atom stereocenters. The van der Waals surface area contributed by atoms with E-state index >= 15 is 0 Å². The van der Waals surface area contributed by atoms with E-state index in [0.717, 1.165) is 17.7 Å². The Morgan fingerprint density at radius 2 is 2.13 bits per heavy atom. The number of hydrogen-bond acceptors (Lipinski definition) is 8. The van der Waals surface area contributed by atoms with Crippen molar-refractivity contribution >= 4 is 50.0 Å². The summed E-state index contributed by atoms with van der Waals surface area (Å²) in [5.41, 5.74) is 2.76. The van der Waals surface area contributed by atoms with Crippen LogP contribution in [-0.2, 0) is 0 Å². The molecule has 5 aromatic rings. The third-order valence-corrected chi connectivity index (χ3v) is 6.45. The number of nitrogens with zero attached hydrogens (tertiary/aromatic N) is 6. The van der Waals surface area contributed by atoms with Crippen molar-refractivity contribution in [3.05, 3.63) is 63.5 Å². The zero-order valence-electron chi connectivity index (χ0n) is 16.0. The second-order valence-corrected chi connectivity index (χ2v) is 8.61. The lowest BCUT2D eigenvalue weighted by molar-refractivity contribution is 0.606. The fourth-order valence-corrected chi connectivity index (χ4v) is 4.67. The van der Waals surface area contributed by atoms with Crippen LogP contribution in [0.25, 0.3) is 27.1 Å². The third kappa shape index (κ3) is 3.06. The summed E-state index contributed by atoms with van der Waals surface area (Å²) >= 11 is 7.82. The standard InChI is InChI=1S/C20H15ClN8OS/c21-11-2-1-3-12-14(11)20(30)29(13-6-7-25-28-13)18(26-12)15(10-4-5-10)27-17-16-19(23-8-22-17)31-9-24-16/h1-3,6-10,15H,4-5H2,(H,25,28)(H,22,23,27)/t15-/m0/s1. The summed E-state index contributed by atoms with van der Waals surface area (Å²) in [5, 5.41) is 11.2. The number of nitrogens with one attached hydrogen (secondary N) is 2. The molecule has 0 saturated heterocycles. The molecule has 0 aliphatic heterocycles. The Hall–Kier alpha value is -3.37. The summed E-state index contributed by atoms with van der Waals surface area (Å²) in [5.74, 6) is 2.04. The molecule has 1 fully saturated rings. The molecule has 11 heteroatoms. The van der Waals surface area contributed by atoms with Crippen LogP contribution in [0.4, 0.5) is 5.82 Å². The van der Waals surface area contributed by atoms with E-state index in [0.29, 0.717) is 44.8 Å². The minimum absolute atomic E-state index is 0.246. The van der Waals surface area contributed by atoms with Gasteiger partial charge in [-0.15, -0.1) is 11.3 Å². The molecule has 2 N–H and O–H groups in total. The summed E-state index contributed by atoms with van der Waals surface area (Å²) in [6.45, 7) is 0. The van der Waals surface area contributed by atoms with E-state index in [4.69, 9.17) is 16.6 Å². The number of aromatic amines is 1. The zero-order chi connectivity index (χ0) is 20.9. The van der Waals surface area contributed by atoms with Gasteiger partial charge in [0.2, 0.25) is 0 Å². The Kier molecular flexibility index (Phi) is 4.22. The fourth-order valence-electron chi connectivity index (χ4n) is 3.79. The van der Waals surface area contributed by atoms with Gasteiger partial charge in [-0.2, -0.15) is 5.10 Å². The van der Waals surface area contributed by atoms with E-state index in [1.807, 2.05) is 0 Å². The molecule has 0 unspecified atom stereocenters. The Morgan fingerprint density at radius 3 is 2.94 bits per heavy atom. The van der Waals surface area contributed by atoms with Gasteiger partial charge in [0.1, 0.15) is 28.3 Å². The number of rotatable bonds is 5. The number of aromatic nitrogens is 7. The van der Waals surface area contributed by atoms with Crippen molar-refractivity contribution in [3.63, 3.8) is 0 Å². The Morgan fingerprint density at radius 1 is 1.23 bits per heavy atom. The van der Waals surface area contributed by atoms with Crippen molar-refractivity contribution in [1.82, 2.24) is 34.7 Å². The molecular weight excluding hydrogens is 436 g/mol. The molecule has 9 nitrogen and oxygen atoms in total. The molecule has 1 saturated carbocycles. The lowest BCUT2D eigenvalue weighted by Crippen LogP contribution is -2.29. The molecule has 0 amide bonds. The highest BCUT2D eigenvalue weighted by Gasteiger charge is 2.37. The maximum Gasteiger partial charge on any atom is 0.268 e. The number of H-pyrrole nitrogens is 1. The van der Waals surface area contributed by atoms with Crippen LogP contribution in [0.15, 0.2) is 47.1 Å². The first-order valence-corrected chi connectivity index (χ1v) is 11.0. The predicted octanol–water partition coefficient (Wildman–Crippen LogP) is 3.73. The smallest absolute Gasteiger partial charge is 0.268 e. The monoisotopic (exact) mass is 450 g/mol. The summed E-state index contributed by atoms with van der Waals surface area (Å²) in [4.78, 5) is 32.3. The topological polar surface area (TPSA) is 114 Å². The van der Waals surface area contributed by atoms with Crippen molar-refractivity contribution in [2.24, 2.45) is 5.92 Å². The maximum atomic E-state index is 13.6. The average molecular weight is 451 g/mol. The van der Waals surface area contributed by atoms with Gasteiger partial charge in [0.25, 0.3) is 5.56 Å². The maximum absolute atomic E-state index is 13.6. The highest BCUT2D eigenvalue weighted by molar-refractivity contribution is 7.16. The summed E-state index contributed by atoms with van der Waals surface area (Å²) in [7, 11) is 0. The van der Waals surface area contributed by atoms with E-state index < -0.39 is 0 Å². The highest BCUT2D eigenvalue weighted by atomic mass is 35.5. The van der Waals surface area contributed by atoms with E-state index in [1.54, 1.807) is 40.5 Å². The molecule has 0 spiro atoms. The summed E-state index contributed by atoms with van der Waals surface area (Å²) in [6.07, 6.45) is 5.16. The fraction of sp³-hybridized carbons (Fsp3) is 0.200. The molecule has 4 heterocycles. The molecule has 154 valence electrons. The molecule has 1 aliphatic carbocycles. The van der Waals surface area contributed by atoms with Crippen molar-refractivity contribution in [3.8, 4) is 5.82 Å². The van der Waals surface area contributed by atoms with Crippen LogP contribution in [0.1, 0.15) is 24.7 Å². The summed E-state index contributed by atoms with van der Waals surface area (Å²) in [6, 6.07) is 6.78. The largest absolute Gasteiger partial charge is 0.358 e. The van der Waals surface area contributed by atoms with Gasteiger partial charge < -0.3 is 5.32 Å². The number of benzene rings is 1. The molecule has 0 radical (unpaired) electrons. The second-order valence-electron chi connectivity index (χ2n) is 7.37. The molecule has 0 bridgehead atoms.